The van der Waals surface area contributed by atoms with Gasteiger partial charge >= 0.3 is 5.97 Å². The summed E-state index contributed by atoms with van der Waals surface area (Å²) >= 11 is 0. The molecule has 4 rings (SSSR count). The van der Waals surface area contributed by atoms with Crippen LogP contribution in [0.1, 0.15) is 84.2 Å². The Hall–Kier alpha value is -3.02. The van der Waals surface area contributed by atoms with E-state index in [0.29, 0.717) is 30.9 Å². The molecule has 0 saturated heterocycles. The van der Waals surface area contributed by atoms with E-state index in [1.165, 1.54) is 12.0 Å². The van der Waals surface area contributed by atoms with Crippen LogP contribution in [0, 0.1) is 11.3 Å². The van der Waals surface area contributed by atoms with Crippen LogP contribution in [0.15, 0.2) is 42.5 Å². The van der Waals surface area contributed by atoms with Gasteiger partial charge in [0, 0.05) is 24.2 Å². The van der Waals surface area contributed by atoms with E-state index in [1.54, 1.807) is 0 Å². The van der Waals surface area contributed by atoms with Crippen molar-refractivity contribution in [1.82, 2.24) is 9.55 Å². The molecule has 6 nitrogen and oxygen atoms in total. The highest BCUT2D eigenvalue weighted by atomic mass is 16.5. The Morgan fingerprint density at radius 1 is 1.20 bits per heavy atom. The molecule has 3 aromatic rings. The number of rotatable bonds is 9. The van der Waals surface area contributed by atoms with Crippen LogP contribution in [0.4, 0.5) is 11.6 Å². The number of aromatic nitrogens is 2. The van der Waals surface area contributed by atoms with Gasteiger partial charge in [0.2, 0.25) is 5.95 Å². The average molecular weight is 478 g/mol. The molecule has 1 aliphatic carbocycles. The van der Waals surface area contributed by atoms with Crippen molar-refractivity contribution >= 4 is 28.6 Å². The molecule has 1 unspecified atom stereocenters. The molecule has 2 aromatic carbocycles. The molecule has 0 aliphatic heterocycles. The second-order valence-corrected chi connectivity index (χ2v) is 11.3. The summed E-state index contributed by atoms with van der Waals surface area (Å²) in [7, 11) is 0. The maximum atomic E-state index is 10.8. The number of hydrogen-bond donors (Lipinski definition) is 2. The van der Waals surface area contributed by atoms with Crippen LogP contribution in [-0.4, -0.2) is 27.2 Å². The number of carboxylic acid groups (broad SMARTS) is 1. The Kier molecular flexibility index (Phi) is 7.39. The van der Waals surface area contributed by atoms with Gasteiger partial charge in [0.15, 0.2) is 0 Å². The highest BCUT2D eigenvalue weighted by Gasteiger charge is 2.34. The van der Waals surface area contributed by atoms with Crippen LogP contribution in [0.5, 0.6) is 5.75 Å². The molecule has 6 heteroatoms. The van der Waals surface area contributed by atoms with Crippen LogP contribution >= 0.6 is 0 Å². The molecule has 1 fully saturated rings. The summed E-state index contributed by atoms with van der Waals surface area (Å²) in [6, 6.07) is 15.0. The first-order chi connectivity index (χ1) is 16.6. The zero-order valence-corrected chi connectivity index (χ0v) is 21.7. The first kappa shape index (κ1) is 25.1. The summed E-state index contributed by atoms with van der Waals surface area (Å²) in [5, 5.41) is 12.5. The lowest BCUT2D eigenvalue weighted by atomic mass is 9.70. The van der Waals surface area contributed by atoms with Crippen LogP contribution in [0.2, 0.25) is 0 Å². The third-order valence-electron chi connectivity index (χ3n) is 7.03. The van der Waals surface area contributed by atoms with Crippen molar-refractivity contribution in [3.63, 3.8) is 0 Å². The molecule has 35 heavy (non-hydrogen) atoms. The molecule has 188 valence electrons. The molecule has 0 bridgehead atoms. The SMILES string of the molecule is CC(C)c1ccc(Nc2nc3cc(OCCCC(=O)O)ccc3n2C2C[C@H](C)CC(C)(C)C2)cc1. The van der Waals surface area contributed by atoms with E-state index in [2.05, 4.69) is 74.8 Å². The molecule has 1 heterocycles. The van der Waals surface area contributed by atoms with Gasteiger partial charge in [-0.05, 0) is 72.8 Å². The van der Waals surface area contributed by atoms with E-state index in [0.717, 1.165) is 41.3 Å². The van der Waals surface area contributed by atoms with Crippen molar-refractivity contribution in [2.75, 3.05) is 11.9 Å². The number of imidazole rings is 1. The fourth-order valence-corrected chi connectivity index (χ4v) is 5.61. The summed E-state index contributed by atoms with van der Waals surface area (Å²) in [5.41, 5.74) is 4.61. The number of carboxylic acids is 1. The lowest BCUT2D eigenvalue weighted by Crippen LogP contribution is -2.29. The monoisotopic (exact) mass is 477 g/mol. The summed E-state index contributed by atoms with van der Waals surface area (Å²) < 4.78 is 8.22. The smallest absolute Gasteiger partial charge is 0.303 e. The first-order valence-corrected chi connectivity index (χ1v) is 12.8. The lowest BCUT2D eigenvalue weighted by Gasteiger charge is -2.40. The number of hydrogen-bond acceptors (Lipinski definition) is 4. The minimum absolute atomic E-state index is 0.107. The molecule has 0 radical (unpaired) electrons. The van der Waals surface area contributed by atoms with E-state index in [1.807, 2.05) is 12.1 Å². The quantitative estimate of drug-likeness (QED) is 0.311. The zero-order chi connectivity index (χ0) is 25.2. The van der Waals surface area contributed by atoms with Gasteiger partial charge in [0.05, 0.1) is 17.6 Å². The molecular weight excluding hydrogens is 438 g/mol. The predicted octanol–water partition coefficient (Wildman–Crippen LogP) is 7.53. The standard InChI is InChI=1S/C29H39N3O3/c1-19(2)21-8-10-22(11-9-21)30-28-31-25-16-24(35-14-6-7-27(33)34)12-13-26(25)32(28)23-15-20(3)17-29(4,5)18-23/h8-13,16,19-20,23H,6-7,14-15,17-18H2,1-5H3,(H,30,31)(H,33,34)/t20-,23?/m0/s1. The zero-order valence-electron chi connectivity index (χ0n) is 21.7. The summed E-state index contributed by atoms with van der Waals surface area (Å²) in [4.78, 5) is 15.8. The second-order valence-electron chi connectivity index (χ2n) is 11.3. The number of ether oxygens (including phenoxy) is 1. The summed E-state index contributed by atoms with van der Waals surface area (Å²) in [6.45, 7) is 11.9. The maximum Gasteiger partial charge on any atom is 0.303 e. The third kappa shape index (κ3) is 6.16. The number of benzene rings is 2. The van der Waals surface area contributed by atoms with Crippen molar-refractivity contribution < 1.29 is 14.6 Å². The van der Waals surface area contributed by atoms with Crippen LogP contribution in [0.25, 0.3) is 11.0 Å². The molecule has 1 saturated carbocycles. The predicted molar refractivity (Wildman–Crippen MR) is 142 cm³/mol. The maximum absolute atomic E-state index is 10.8. The van der Waals surface area contributed by atoms with Crippen molar-refractivity contribution in [3.05, 3.63) is 48.0 Å². The highest BCUT2D eigenvalue weighted by molar-refractivity contribution is 5.81. The Balaban J connectivity index is 1.66. The van der Waals surface area contributed by atoms with E-state index in [4.69, 9.17) is 14.8 Å². The number of fused-ring (bicyclic) bond motifs is 1. The molecule has 2 atom stereocenters. The number of nitrogens with zero attached hydrogens (tertiary/aromatic N) is 2. The highest BCUT2D eigenvalue weighted by Crippen LogP contribution is 2.46. The van der Waals surface area contributed by atoms with Crippen molar-refractivity contribution in [3.8, 4) is 5.75 Å². The molecule has 0 spiro atoms. The van der Waals surface area contributed by atoms with Crippen molar-refractivity contribution in [2.45, 2.75) is 78.7 Å². The van der Waals surface area contributed by atoms with E-state index >= 15 is 0 Å². The molecule has 1 aromatic heterocycles. The largest absolute Gasteiger partial charge is 0.494 e. The molecule has 1 aliphatic rings. The van der Waals surface area contributed by atoms with Gasteiger partial charge in [-0.2, -0.15) is 0 Å². The number of nitrogens with one attached hydrogen (secondary N) is 1. The summed E-state index contributed by atoms with van der Waals surface area (Å²) in [6.07, 6.45) is 4.07. The Bertz CT molecular complexity index is 1160. The van der Waals surface area contributed by atoms with Gasteiger partial charge < -0.3 is 19.7 Å². The van der Waals surface area contributed by atoms with Gasteiger partial charge in [-0.15, -0.1) is 0 Å². The van der Waals surface area contributed by atoms with Gasteiger partial charge in [-0.3, -0.25) is 4.79 Å². The lowest BCUT2D eigenvalue weighted by molar-refractivity contribution is -0.137. The average Bonchev–Trinajstić information content (AvgIpc) is 3.12. The molecule has 0 amide bonds. The normalized spacial score (nSPS) is 19.7. The van der Waals surface area contributed by atoms with Crippen molar-refractivity contribution in [1.29, 1.82) is 0 Å². The minimum Gasteiger partial charge on any atom is -0.494 e. The molecular formula is C29H39N3O3. The van der Waals surface area contributed by atoms with Gasteiger partial charge in [0.25, 0.3) is 0 Å². The fourth-order valence-electron chi connectivity index (χ4n) is 5.61. The first-order valence-electron chi connectivity index (χ1n) is 12.8. The summed E-state index contributed by atoms with van der Waals surface area (Å²) in [5.74, 6) is 1.92. The molecule has 2 N–H and O–H groups in total. The topological polar surface area (TPSA) is 76.4 Å². The Labute approximate surface area is 208 Å². The van der Waals surface area contributed by atoms with Gasteiger partial charge in [0.1, 0.15) is 5.75 Å². The van der Waals surface area contributed by atoms with Crippen LogP contribution in [-0.2, 0) is 4.79 Å². The second kappa shape index (κ2) is 10.3. The van der Waals surface area contributed by atoms with E-state index < -0.39 is 5.97 Å². The Morgan fingerprint density at radius 2 is 1.94 bits per heavy atom. The van der Waals surface area contributed by atoms with Gasteiger partial charge in [-0.25, -0.2) is 4.98 Å². The Morgan fingerprint density at radius 3 is 2.60 bits per heavy atom. The fraction of sp³-hybridized carbons (Fsp3) is 0.517. The number of aliphatic carboxylic acids is 1. The number of carbonyl (C=O) groups is 1. The number of anilines is 2. The minimum atomic E-state index is -0.801. The van der Waals surface area contributed by atoms with Crippen molar-refractivity contribution in [2.24, 2.45) is 11.3 Å². The van der Waals surface area contributed by atoms with Crippen LogP contribution < -0.4 is 10.1 Å². The van der Waals surface area contributed by atoms with Crippen LogP contribution in [0.3, 0.4) is 0 Å². The third-order valence-corrected chi connectivity index (χ3v) is 7.03. The van der Waals surface area contributed by atoms with E-state index in [9.17, 15) is 4.79 Å². The van der Waals surface area contributed by atoms with E-state index in [-0.39, 0.29) is 11.8 Å². The van der Waals surface area contributed by atoms with Gasteiger partial charge in [-0.1, -0.05) is 46.8 Å².